The third-order valence-electron chi connectivity index (χ3n) is 3.53. The number of benzene rings is 1. The van der Waals surface area contributed by atoms with E-state index in [0.717, 1.165) is 13.0 Å². The third kappa shape index (κ3) is 5.60. The van der Waals surface area contributed by atoms with E-state index in [1.54, 1.807) is 7.05 Å². The van der Waals surface area contributed by atoms with Gasteiger partial charge in [0.05, 0.1) is 4.90 Å². The van der Waals surface area contributed by atoms with Gasteiger partial charge in [0.25, 0.3) is 5.91 Å². The van der Waals surface area contributed by atoms with Gasteiger partial charge in [-0.1, -0.05) is 6.92 Å². The highest BCUT2D eigenvalue weighted by Gasteiger charge is 2.23. The number of rotatable bonds is 9. The Kier molecular flexibility index (Phi) is 7.67. The summed E-state index contributed by atoms with van der Waals surface area (Å²) in [6.45, 7) is 7.88. The lowest BCUT2D eigenvalue weighted by Gasteiger charge is -2.21. The minimum absolute atomic E-state index is 0.126. The predicted octanol–water partition coefficient (Wildman–Crippen LogP) is 1.44. The molecule has 0 saturated heterocycles. The van der Waals surface area contributed by atoms with E-state index in [4.69, 9.17) is 0 Å². The standard InChI is InChI=1S/C16H27N3O3S/c1-5-10-17-11-12-18-16(20)14-6-8-15(9-7-14)23(21,22)19(4)13(2)3/h6-9,13,17H,5,10-12H2,1-4H3,(H,18,20). The average Bonchev–Trinajstić information content (AvgIpc) is 2.53. The molecule has 23 heavy (non-hydrogen) atoms. The maximum absolute atomic E-state index is 12.3. The van der Waals surface area contributed by atoms with Gasteiger partial charge >= 0.3 is 0 Å². The molecule has 1 amide bonds. The zero-order chi connectivity index (χ0) is 17.5. The normalized spacial score (nSPS) is 11.9. The number of nitrogens with one attached hydrogen (secondary N) is 2. The van der Waals surface area contributed by atoms with Crippen LogP contribution in [0.1, 0.15) is 37.6 Å². The molecule has 2 N–H and O–H groups in total. The Hall–Kier alpha value is -1.44. The second-order valence-electron chi connectivity index (χ2n) is 5.65. The summed E-state index contributed by atoms with van der Waals surface area (Å²) in [4.78, 5) is 12.2. The van der Waals surface area contributed by atoms with Gasteiger partial charge in [0.15, 0.2) is 0 Å². The van der Waals surface area contributed by atoms with Crippen molar-refractivity contribution >= 4 is 15.9 Å². The van der Waals surface area contributed by atoms with Crippen LogP contribution in [-0.2, 0) is 10.0 Å². The molecule has 0 radical (unpaired) electrons. The second-order valence-corrected chi connectivity index (χ2v) is 7.64. The summed E-state index contributed by atoms with van der Waals surface area (Å²) in [5.41, 5.74) is 0.451. The van der Waals surface area contributed by atoms with Gasteiger partial charge < -0.3 is 10.6 Å². The molecule has 0 aliphatic heterocycles. The number of amides is 1. The maximum Gasteiger partial charge on any atom is 0.251 e. The molecular formula is C16H27N3O3S. The monoisotopic (exact) mass is 341 g/mol. The van der Waals surface area contributed by atoms with Crippen LogP contribution in [0.25, 0.3) is 0 Å². The molecule has 1 aromatic carbocycles. The zero-order valence-corrected chi connectivity index (χ0v) is 15.1. The summed E-state index contributed by atoms with van der Waals surface area (Å²) in [6.07, 6.45) is 1.05. The lowest BCUT2D eigenvalue weighted by molar-refractivity contribution is 0.0954. The topological polar surface area (TPSA) is 78.5 Å². The van der Waals surface area contributed by atoms with Gasteiger partial charge in [0.1, 0.15) is 0 Å². The highest BCUT2D eigenvalue weighted by molar-refractivity contribution is 7.89. The smallest absolute Gasteiger partial charge is 0.251 e. The lowest BCUT2D eigenvalue weighted by Crippen LogP contribution is -2.33. The van der Waals surface area contributed by atoms with Gasteiger partial charge in [0.2, 0.25) is 10.0 Å². The molecule has 0 fully saturated rings. The summed E-state index contributed by atoms with van der Waals surface area (Å²) in [5.74, 6) is -0.204. The Morgan fingerprint density at radius 3 is 2.26 bits per heavy atom. The fraction of sp³-hybridized carbons (Fsp3) is 0.562. The van der Waals surface area contributed by atoms with E-state index in [2.05, 4.69) is 17.6 Å². The number of nitrogens with zero attached hydrogens (tertiary/aromatic N) is 1. The molecule has 0 saturated carbocycles. The van der Waals surface area contributed by atoms with Gasteiger partial charge in [-0.2, -0.15) is 4.31 Å². The lowest BCUT2D eigenvalue weighted by atomic mass is 10.2. The molecule has 0 atom stereocenters. The number of sulfonamides is 1. The number of carbonyl (C=O) groups is 1. The van der Waals surface area contributed by atoms with Gasteiger partial charge in [-0.3, -0.25) is 4.79 Å². The van der Waals surface area contributed by atoms with Gasteiger partial charge in [0, 0.05) is 31.7 Å². The maximum atomic E-state index is 12.3. The first-order valence-corrected chi connectivity index (χ1v) is 9.31. The van der Waals surface area contributed by atoms with Crippen LogP contribution >= 0.6 is 0 Å². The Labute approximate surface area is 139 Å². The van der Waals surface area contributed by atoms with Crippen LogP contribution in [0, 0.1) is 0 Å². The van der Waals surface area contributed by atoms with E-state index >= 15 is 0 Å². The highest BCUT2D eigenvalue weighted by Crippen LogP contribution is 2.17. The minimum Gasteiger partial charge on any atom is -0.351 e. The predicted molar refractivity (Wildman–Crippen MR) is 92.0 cm³/mol. The van der Waals surface area contributed by atoms with Crippen LogP contribution in [0.5, 0.6) is 0 Å². The van der Waals surface area contributed by atoms with E-state index < -0.39 is 10.0 Å². The van der Waals surface area contributed by atoms with Gasteiger partial charge in [-0.15, -0.1) is 0 Å². The molecule has 0 aromatic heterocycles. The van der Waals surface area contributed by atoms with Crippen molar-refractivity contribution in [3.8, 4) is 0 Å². The van der Waals surface area contributed by atoms with Crippen molar-refractivity contribution in [3.05, 3.63) is 29.8 Å². The van der Waals surface area contributed by atoms with E-state index in [0.29, 0.717) is 18.7 Å². The first-order chi connectivity index (χ1) is 10.8. The molecule has 6 nitrogen and oxygen atoms in total. The third-order valence-corrected chi connectivity index (χ3v) is 5.58. The molecular weight excluding hydrogens is 314 g/mol. The molecule has 0 aliphatic carbocycles. The Bertz CT molecular complexity index is 598. The number of carbonyl (C=O) groups excluding carboxylic acids is 1. The summed E-state index contributed by atoms with van der Waals surface area (Å²) in [6, 6.07) is 5.89. The molecule has 0 unspecified atom stereocenters. The van der Waals surface area contributed by atoms with Crippen molar-refractivity contribution in [2.24, 2.45) is 0 Å². The van der Waals surface area contributed by atoms with E-state index in [1.165, 1.54) is 28.6 Å². The quantitative estimate of drug-likeness (QED) is 0.666. The van der Waals surface area contributed by atoms with Crippen LogP contribution < -0.4 is 10.6 Å². The van der Waals surface area contributed by atoms with Crippen molar-refractivity contribution in [3.63, 3.8) is 0 Å². The van der Waals surface area contributed by atoms with Crippen molar-refractivity contribution in [2.45, 2.75) is 38.1 Å². The molecule has 1 rings (SSSR count). The fourth-order valence-electron chi connectivity index (χ4n) is 1.89. The average molecular weight is 341 g/mol. The van der Waals surface area contributed by atoms with Crippen molar-refractivity contribution in [1.29, 1.82) is 0 Å². The first kappa shape index (κ1) is 19.6. The van der Waals surface area contributed by atoms with Gasteiger partial charge in [-0.05, 0) is 51.1 Å². The largest absolute Gasteiger partial charge is 0.351 e. The van der Waals surface area contributed by atoms with Crippen LogP contribution in [0.15, 0.2) is 29.2 Å². The van der Waals surface area contributed by atoms with Crippen molar-refractivity contribution < 1.29 is 13.2 Å². The first-order valence-electron chi connectivity index (χ1n) is 7.87. The van der Waals surface area contributed by atoms with Crippen molar-refractivity contribution in [1.82, 2.24) is 14.9 Å². The zero-order valence-electron chi connectivity index (χ0n) is 14.3. The number of hydrogen-bond acceptors (Lipinski definition) is 4. The van der Waals surface area contributed by atoms with Crippen LogP contribution in [0.3, 0.4) is 0 Å². The minimum atomic E-state index is -3.52. The van der Waals surface area contributed by atoms with Gasteiger partial charge in [-0.25, -0.2) is 8.42 Å². The Morgan fingerprint density at radius 1 is 1.13 bits per heavy atom. The highest BCUT2D eigenvalue weighted by atomic mass is 32.2. The summed E-state index contributed by atoms with van der Waals surface area (Å²) < 4.78 is 26.0. The molecule has 0 bridgehead atoms. The Balaban J connectivity index is 2.68. The molecule has 7 heteroatoms. The Morgan fingerprint density at radius 2 is 1.74 bits per heavy atom. The van der Waals surface area contributed by atoms with Crippen LogP contribution in [0.4, 0.5) is 0 Å². The van der Waals surface area contributed by atoms with Crippen LogP contribution in [-0.4, -0.2) is 51.4 Å². The molecule has 0 spiro atoms. The summed E-state index contributed by atoms with van der Waals surface area (Å²) >= 11 is 0. The second kappa shape index (κ2) is 9.00. The van der Waals surface area contributed by atoms with E-state index in [-0.39, 0.29) is 16.8 Å². The summed E-state index contributed by atoms with van der Waals surface area (Å²) in [5, 5.41) is 5.99. The van der Waals surface area contributed by atoms with E-state index in [1.807, 2.05) is 13.8 Å². The van der Waals surface area contributed by atoms with Crippen molar-refractivity contribution in [2.75, 3.05) is 26.7 Å². The molecule has 0 heterocycles. The van der Waals surface area contributed by atoms with E-state index in [9.17, 15) is 13.2 Å². The summed E-state index contributed by atoms with van der Waals surface area (Å²) in [7, 11) is -1.97. The van der Waals surface area contributed by atoms with Crippen LogP contribution in [0.2, 0.25) is 0 Å². The fourth-order valence-corrected chi connectivity index (χ4v) is 3.26. The molecule has 1 aromatic rings. The number of hydrogen-bond donors (Lipinski definition) is 2. The SMILES string of the molecule is CCCNCCNC(=O)c1ccc(S(=O)(=O)N(C)C(C)C)cc1. The molecule has 130 valence electrons. The molecule has 0 aliphatic rings.